The molecule has 10 heteroatoms. The number of likely N-dealkylation sites (N-methyl/N-ethyl adjacent to an activating group) is 1. The van der Waals surface area contributed by atoms with Crippen LogP contribution in [0.1, 0.15) is 450 Å². The van der Waals surface area contributed by atoms with Crippen LogP contribution in [0.2, 0.25) is 0 Å². The van der Waals surface area contributed by atoms with Crippen molar-refractivity contribution in [3.8, 4) is 0 Å². The summed E-state index contributed by atoms with van der Waals surface area (Å²) in [5.74, 6) is -0.769. The lowest BCUT2D eigenvalue weighted by molar-refractivity contribution is -0.870. The van der Waals surface area contributed by atoms with E-state index < -0.39 is 26.5 Å². The Morgan fingerprint density at radius 3 is 0.827 bits per heavy atom. The minimum absolute atomic E-state index is 0.0352. The number of hydrogen-bond donors (Lipinski definition) is 1. The van der Waals surface area contributed by atoms with Crippen molar-refractivity contribution >= 4 is 19.8 Å². The van der Waals surface area contributed by atoms with Gasteiger partial charge in [0.05, 0.1) is 27.7 Å². The molecule has 9 nitrogen and oxygen atoms in total. The van der Waals surface area contributed by atoms with Gasteiger partial charge in [0.15, 0.2) is 6.10 Å². The van der Waals surface area contributed by atoms with Crippen molar-refractivity contribution in [3.05, 3.63) is 48.6 Å². The van der Waals surface area contributed by atoms with E-state index in [1.165, 1.54) is 372 Å². The van der Waals surface area contributed by atoms with Gasteiger partial charge in [-0.2, -0.15) is 0 Å². The molecule has 0 radical (unpaired) electrons. The molecule has 0 aromatic carbocycles. The molecule has 0 rings (SSSR count). The standard InChI is InChI=1S/C88H168NO8P/c1-6-8-10-12-14-16-18-20-22-24-26-28-30-32-34-36-38-40-41-42-43-44-45-46-47-49-51-53-55-57-59-61-63-65-67-69-71-73-75-77-79-81-88(91)97-86(85-96-98(92,93)95-83-82-89(3,4)5)84-94-87(90)80-78-76-74-72-70-68-66-64-62-60-58-56-54-52-50-48-39-37-35-33-31-29-27-25-23-21-19-17-15-13-11-9-7-2/h18,20,24-27,30,32,86H,6-17,19,21-23,28-29,31,33-85H2,1-5H3/p+1/b20-18-,26-24-,27-25-,32-30-. The average molecular weight is 1400 g/mol. The first-order valence-electron chi connectivity index (χ1n) is 43.4. The molecular weight excluding hydrogens is 1230 g/mol. The van der Waals surface area contributed by atoms with Crippen molar-refractivity contribution in [3.63, 3.8) is 0 Å². The highest BCUT2D eigenvalue weighted by molar-refractivity contribution is 7.47. The molecule has 0 aromatic rings. The third-order valence-corrected chi connectivity index (χ3v) is 20.8. The first kappa shape index (κ1) is 96.0. The fourth-order valence-corrected chi connectivity index (χ4v) is 13.9. The quantitative estimate of drug-likeness (QED) is 0.0211. The van der Waals surface area contributed by atoms with Crippen molar-refractivity contribution in [1.82, 2.24) is 0 Å². The van der Waals surface area contributed by atoms with E-state index in [0.717, 1.165) is 44.9 Å². The van der Waals surface area contributed by atoms with Gasteiger partial charge in [-0.05, 0) is 77.0 Å². The number of rotatable bonds is 82. The molecule has 0 aromatic heterocycles. The average Bonchev–Trinajstić information content (AvgIpc) is 1.08. The Bertz CT molecular complexity index is 1790. The van der Waals surface area contributed by atoms with Crippen molar-refractivity contribution in [2.75, 3.05) is 47.5 Å². The smallest absolute Gasteiger partial charge is 0.462 e. The van der Waals surface area contributed by atoms with Gasteiger partial charge in [0, 0.05) is 12.8 Å². The van der Waals surface area contributed by atoms with Crippen LogP contribution in [-0.4, -0.2) is 74.9 Å². The van der Waals surface area contributed by atoms with Crippen LogP contribution in [0.3, 0.4) is 0 Å². The fourth-order valence-electron chi connectivity index (χ4n) is 13.2. The van der Waals surface area contributed by atoms with Crippen molar-refractivity contribution in [1.29, 1.82) is 0 Å². The van der Waals surface area contributed by atoms with Gasteiger partial charge in [0.2, 0.25) is 0 Å². The summed E-state index contributed by atoms with van der Waals surface area (Å²) in [4.78, 5) is 36.0. The summed E-state index contributed by atoms with van der Waals surface area (Å²) in [6.07, 6.45) is 106. The summed E-state index contributed by atoms with van der Waals surface area (Å²) in [6.45, 7) is 4.51. The third-order valence-electron chi connectivity index (χ3n) is 19.8. The van der Waals surface area contributed by atoms with Gasteiger partial charge in [0.1, 0.15) is 19.8 Å². The topological polar surface area (TPSA) is 108 Å². The van der Waals surface area contributed by atoms with E-state index in [1.807, 2.05) is 21.1 Å². The van der Waals surface area contributed by atoms with Crippen molar-refractivity contribution in [2.24, 2.45) is 0 Å². The molecule has 0 saturated carbocycles. The van der Waals surface area contributed by atoms with Gasteiger partial charge in [-0.1, -0.05) is 409 Å². The second-order valence-corrected chi connectivity index (χ2v) is 32.4. The number of phosphoric acid groups is 1. The summed E-state index contributed by atoms with van der Waals surface area (Å²) in [6, 6.07) is 0. The number of allylic oxidation sites excluding steroid dienone is 8. The van der Waals surface area contributed by atoms with Crippen LogP contribution < -0.4 is 0 Å². The predicted molar refractivity (Wildman–Crippen MR) is 427 cm³/mol. The van der Waals surface area contributed by atoms with Crippen molar-refractivity contribution in [2.45, 2.75) is 457 Å². The minimum Gasteiger partial charge on any atom is -0.462 e. The van der Waals surface area contributed by atoms with Crippen LogP contribution >= 0.6 is 7.82 Å². The Balaban J connectivity index is 3.86. The predicted octanol–water partition coefficient (Wildman–Crippen LogP) is 29.1. The number of carbonyl (C=O) groups is 2. The Labute approximate surface area is 611 Å². The monoisotopic (exact) mass is 1400 g/mol. The van der Waals surface area contributed by atoms with E-state index in [9.17, 15) is 19.0 Å². The number of carbonyl (C=O) groups excluding carboxylic acids is 2. The van der Waals surface area contributed by atoms with E-state index in [-0.39, 0.29) is 25.6 Å². The highest BCUT2D eigenvalue weighted by atomic mass is 31.2. The van der Waals surface area contributed by atoms with Crippen LogP contribution in [0.4, 0.5) is 0 Å². The molecule has 0 fully saturated rings. The summed E-state index contributed by atoms with van der Waals surface area (Å²) in [5.41, 5.74) is 0. The Kier molecular flexibility index (Phi) is 77.5. The van der Waals surface area contributed by atoms with E-state index >= 15 is 0 Å². The Hall–Kier alpha value is -2.03. The second-order valence-electron chi connectivity index (χ2n) is 30.9. The third kappa shape index (κ3) is 82.9. The van der Waals surface area contributed by atoms with Gasteiger partial charge in [0.25, 0.3) is 0 Å². The van der Waals surface area contributed by atoms with Gasteiger partial charge in [-0.25, -0.2) is 4.57 Å². The number of hydrogen-bond acceptors (Lipinski definition) is 7. The van der Waals surface area contributed by atoms with Crippen LogP contribution in [0, 0.1) is 0 Å². The van der Waals surface area contributed by atoms with Crippen LogP contribution in [0.25, 0.3) is 0 Å². The summed E-state index contributed by atoms with van der Waals surface area (Å²) < 4.78 is 34.9. The zero-order chi connectivity index (χ0) is 71.1. The Morgan fingerprint density at radius 1 is 0.316 bits per heavy atom. The zero-order valence-corrected chi connectivity index (χ0v) is 67.2. The minimum atomic E-state index is -4.39. The summed E-state index contributed by atoms with van der Waals surface area (Å²) >= 11 is 0. The lowest BCUT2D eigenvalue weighted by Gasteiger charge is -2.24. The maximum absolute atomic E-state index is 12.9. The van der Waals surface area contributed by atoms with Crippen LogP contribution in [0.15, 0.2) is 48.6 Å². The maximum atomic E-state index is 12.9. The van der Waals surface area contributed by atoms with Gasteiger partial charge < -0.3 is 18.9 Å². The molecule has 0 spiro atoms. The molecule has 0 amide bonds. The van der Waals surface area contributed by atoms with E-state index in [1.54, 1.807) is 0 Å². The molecular formula is C88H169NO8P+. The molecule has 2 atom stereocenters. The summed E-state index contributed by atoms with van der Waals surface area (Å²) in [7, 11) is 1.50. The molecule has 1 N–H and O–H groups in total. The molecule has 0 aliphatic rings. The highest BCUT2D eigenvalue weighted by Crippen LogP contribution is 2.43. The first-order valence-corrected chi connectivity index (χ1v) is 44.9. The lowest BCUT2D eigenvalue weighted by atomic mass is 10.0. The highest BCUT2D eigenvalue weighted by Gasteiger charge is 2.27. The molecule has 0 aliphatic carbocycles. The normalized spacial score (nSPS) is 13.2. The number of unbranched alkanes of at least 4 members (excludes halogenated alkanes) is 60. The number of nitrogens with zero attached hydrogens (tertiary/aromatic N) is 1. The Morgan fingerprint density at radius 2 is 0.551 bits per heavy atom. The van der Waals surface area contributed by atoms with Gasteiger partial charge >= 0.3 is 19.8 Å². The largest absolute Gasteiger partial charge is 0.472 e. The lowest BCUT2D eigenvalue weighted by Crippen LogP contribution is -2.37. The maximum Gasteiger partial charge on any atom is 0.472 e. The summed E-state index contributed by atoms with van der Waals surface area (Å²) in [5, 5.41) is 0. The van der Waals surface area contributed by atoms with E-state index in [4.69, 9.17) is 18.5 Å². The van der Waals surface area contributed by atoms with Crippen LogP contribution in [-0.2, 0) is 32.7 Å². The van der Waals surface area contributed by atoms with E-state index in [0.29, 0.717) is 23.9 Å². The SMILES string of the molecule is CCCCCCC/C=C\C/C=C\C/C=C\CCCCCCCCCCCCCCCCCCCCCCCCCCCCC(=O)OC(COC(=O)CCCCCCCCCCCCCCCCCCCCCCC/C=C\CCCCCCCCCC)COP(=O)(O)OCC[N+](C)(C)C. The molecule has 0 bridgehead atoms. The second kappa shape index (κ2) is 79.1. The molecule has 0 saturated heterocycles. The van der Waals surface area contributed by atoms with E-state index in [2.05, 4.69) is 62.5 Å². The van der Waals surface area contributed by atoms with Gasteiger partial charge in [-0.15, -0.1) is 0 Å². The first-order chi connectivity index (χ1) is 48.0. The number of ether oxygens (including phenoxy) is 2. The fraction of sp³-hybridized carbons (Fsp3) is 0.886. The number of quaternary nitrogens is 1. The molecule has 98 heavy (non-hydrogen) atoms. The molecule has 2 unspecified atom stereocenters. The van der Waals surface area contributed by atoms with Crippen molar-refractivity contribution < 1.29 is 42.1 Å². The number of phosphoric ester groups is 1. The molecule has 578 valence electrons. The molecule has 0 heterocycles. The molecule has 0 aliphatic heterocycles. The zero-order valence-electron chi connectivity index (χ0n) is 66.3. The number of esters is 2. The van der Waals surface area contributed by atoms with Crippen LogP contribution in [0.5, 0.6) is 0 Å². The van der Waals surface area contributed by atoms with Gasteiger partial charge in [-0.3, -0.25) is 18.6 Å².